The number of ether oxygens (including phenoxy) is 1. The first-order valence-electron chi connectivity index (χ1n) is 6.15. The van der Waals surface area contributed by atoms with Crippen molar-refractivity contribution in [2.75, 3.05) is 0 Å². The number of nitrogens with one attached hydrogen (secondary N) is 1. The van der Waals surface area contributed by atoms with E-state index < -0.39 is 17.7 Å². The van der Waals surface area contributed by atoms with E-state index in [9.17, 15) is 9.59 Å². The molecule has 1 aromatic rings. The van der Waals surface area contributed by atoms with Crippen molar-refractivity contribution in [3.63, 3.8) is 0 Å². The van der Waals surface area contributed by atoms with Gasteiger partial charge in [0.15, 0.2) is 0 Å². The number of rotatable bonds is 4. The summed E-state index contributed by atoms with van der Waals surface area (Å²) in [6.45, 7) is 5.36. The Morgan fingerprint density at radius 3 is 2.53 bits per heavy atom. The van der Waals surface area contributed by atoms with Crippen molar-refractivity contribution in [2.45, 2.75) is 38.8 Å². The fourth-order valence-corrected chi connectivity index (χ4v) is 1.56. The molecule has 19 heavy (non-hydrogen) atoms. The average Bonchev–Trinajstić information content (AvgIpc) is 2.27. The summed E-state index contributed by atoms with van der Waals surface area (Å²) in [6.07, 6.45) is 1.27. The minimum Gasteiger partial charge on any atom is -0.444 e. The van der Waals surface area contributed by atoms with Crippen LogP contribution in [0.2, 0.25) is 0 Å². The number of alkyl carbamates (subject to hydrolysis) is 1. The Morgan fingerprint density at radius 1 is 1.37 bits per heavy atom. The highest BCUT2D eigenvalue weighted by Gasteiger charge is 2.18. The molecule has 0 aliphatic rings. The summed E-state index contributed by atoms with van der Waals surface area (Å²) in [6, 6.07) is 9.17. The topological polar surface area (TPSA) is 55.4 Å². The molecule has 0 bridgehead atoms. The molecular weight excluding hydrogens is 242 g/mol. The first-order chi connectivity index (χ1) is 8.90. The Hall–Kier alpha value is -2.06. The summed E-state index contributed by atoms with van der Waals surface area (Å²) < 4.78 is 5.15. The number of carbonyl (C=O) groups is 1. The fourth-order valence-electron chi connectivity index (χ4n) is 1.56. The van der Waals surface area contributed by atoms with Crippen LogP contribution in [0.1, 0.15) is 26.3 Å². The van der Waals surface area contributed by atoms with E-state index in [2.05, 4.69) is 5.32 Å². The molecule has 4 nitrogen and oxygen atoms in total. The molecule has 102 valence electrons. The fraction of sp³-hybridized carbons (Fsp3) is 0.400. The average molecular weight is 261 g/mol. The third-order valence-corrected chi connectivity index (χ3v) is 2.27. The molecule has 0 saturated heterocycles. The Balaban J connectivity index is 2.63. The number of amides is 1. The lowest BCUT2D eigenvalue weighted by atomic mass is 10.1. The standard InChI is InChI=1S/C15H19NO3/c1-15(2,3)19-14(18)16-13(9-10-17)11-12-7-5-4-6-8-12/h4-9,13H,11H2,1-3H3,(H,16,18)/t13-/m1/s1. The van der Waals surface area contributed by atoms with Gasteiger partial charge in [0.1, 0.15) is 11.5 Å². The predicted molar refractivity (Wildman–Crippen MR) is 73.6 cm³/mol. The van der Waals surface area contributed by atoms with Crippen molar-refractivity contribution in [1.29, 1.82) is 0 Å². The van der Waals surface area contributed by atoms with Gasteiger partial charge in [0.05, 0.1) is 6.04 Å². The molecule has 1 atom stereocenters. The molecule has 0 radical (unpaired) electrons. The number of benzene rings is 1. The Bertz CT molecular complexity index is 456. The molecule has 1 amide bonds. The van der Waals surface area contributed by atoms with Gasteiger partial charge in [0, 0.05) is 6.08 Å². The van der Waals surface area contributed by atoms with Gasteiger partial charge in [-0.05, 0) is 32.8 Å². The van der Waals surface area contributed by atoms with Crippen LogP contribution in [0.4, 0.5) is 4.79 Å². The SMILES string of the molecule is CC(C)(C)OC(=O)N[C@H](C=C=O)Cc1ccccc1. The molecule has 4 heteroatoms. The molecule has 0 aliphatic carbocycles. The highest BCUT2D eigenvalue weighted by Crippen LogP contribution is 2.08. The maximum Gasteiger partial charge on any atom is 0.408 e. The van der Waals surface area contributed by atoms with Crippen LogP contribution in [0.5, 0.6) is 0 Å². The highest BCUT2D eigenvalue weighted by atomic mass is 16.6. The van der Waals surface area contributed by atoms with Crippen molar-refractivity contribution in [3.8, 4) is 0 Å². The summed E-state index contributed by atoms with van der Waals surface area (Å²) in [5.41, 5.74) is 0.460. The quantitative estimate of drug-likeness (QED) is 0.847. The van der Waals surface area contributed by atoms with E-state index in [1.165, 1.54) is 6.08 Å². The van der Waals surface area contributed by atoms with Gasteiger partial charge in [-0.3, -0.25) is 0 Å². The van der Waals surface area contributed by atoms with Crippen molar-refractivity contribution in [2.24, 2.45) is 0 Å². The molecule has 0 unspecified atom stereocenters. The summed E-state index contributed by atoms with van der Waals surface area (Å²) in [5, 5.41) is 2.64. The maximum atomic E-state index is 11.7. The van der Waals surface area contributed by atoms with Crippen molar-refractivity contribution < 1.29 is 14.3 Å². The largest absolute Gasteiger partial charge is 0.444 e. The number of carbonyl (C=O) groups excluding carboxylic acids is 2. The van der Waals surface area contributed by atoms with Gasteiger partial charge < -0.3 is 10.1 Å². The molecule has 0 aromatic heterocycles. The van der Waals surface area contributed by atoms with E-state index >= 15 is 0 Å². The van der Waals surface area contributed by atoms with E-state index in [4.69, 9.17) is 4.74 Å². The van der Waals surface area contributed by atoms with E-state index in [1.807, 2.05) is 30.3 Å². The van der Waals surface area contributed by atoms with Crippen LogP contribution >= 0.6 is 0 Å². The molecular formula is C15H19NO3. The summed E-state index contributed by atoms with van der Waals surface area (Å²) in [5.74, 6) is 1.71. The van der Waals surface area contributed by atoms with Gasteiger partial charge >= 0.3 is 6.09 Å². The minimum atomic E-state index is -0.563. The summed E-state index contributed by atoms with van der Waals surface area (Å²) in [7, 11) is 0. The maximum absolute atomic E-state index is 11.7. The lowest BCUT2D eigenvalue weighted by molar-refractivity contribution is 0.0515. The molecule has 0 fully saturated rings. The van der Waals surface area contributed by atoms with E-state index in [0.29, 0.717) is 6.42 Å². The van der Waals surface area contributed by atoms with Crippen LogP contribution in [0.25, 0.3) is 0 Å². The first-order valence-corrected chi connectivity index (χ1v) is 6.15. The van der Waals surface area contributed by atoms with E-state index in [-0.39, 0.29) is 0 Å². The van der Waals surface area contributed by atoms with Crippen LogP contribution in [-0.2, 0) is 16.0 Å². The van der Waals surface area contributed by atoms with Gasteiger partial charge in [-0.25, -0.2) is 9.59 Å². The van der Waals surface area contributed by atoms with Crippen molar-refractivity contribution in [1.82, 2.24) is 5.32 Å². The second kappa shape index (κ2) is 6.76. The lowest BCUT2D eigenvalue weighted by Crippen LogP contribution is -2.39. The number of hydrogen-bond donors (Lipinski definition) is 1. The third kappa shape index (κ3) is 6.43. The van der Waals surface area contributed by atoms with Gasteiger partial charge in [-0.2, -0.15) is 0 Å². The predicted octanol–water partition coefficient (Wildman–Crippen LogP) is 2.51. The molecule has 1 aromatic carbocycles. The highest BCUT2D eigenvalue weighted by molar-refractivity contribution is 5.69. The monoisotopic (exact) mass is 261 g/mol. The molecule has 0 saturated carbocycles. The second-order valence-corrected chi connectivity index (χ2v) is 5.23. The smallest absolute Gasteiger partial charge is 0.408 e. The Kier molecular flexibility index (Phi) is 5.34. The second-order valence-electron chi connectivity index (χ2n) is 5.23. The molecule has 0 spiro atoms. The zero-order valence-electron chi connectivity index (χ0n) is 11.5. The van der Waals surface area contributed by atoms with Crippen LogP contribution in [0, 0.1) is 0 Å². The zero-order valence-corrected chi connectivity index (χ0v) is 11.5. The Morgan fingerprint density at radius 2 is 2.00 bits per heavy atom. The van der Waals surface area contributed by atoms with Crippen molar-refractivity contribution >= 4 is 12.0 Å². The van der Waals surface area contributed by atoms with E-state index in [0.717, 1.165) is 5.56 Å². The number of hydrogen-bond acceptors (Lipinski definition) is 3. The third-order valence-electron chi connectivity index (χ3n) is 2.27. The van der Waals surface area contributed by atoms with Crippen LogP contribution < -0.4 is 5.32 Å². The van der Waals surface area contributed by atoms with Gasteiger partial charge in [0.25, 0.3) is 0 Å². The molecule has 0 aliphatic heterocycles. The van der Waals surface area contributed by atoms with Gasteiger partial charge in [-0.15, -0.1) is 0 Å². The normalized spacial score (nSPS) is 12.2. The van der Waals surface area contributed by atoms with Crippen LogP contribution in [0.15, 0.2) is 36.4 Å². The summed E-state index contributed by atoms with van der Waals surface area (Å²) >= 11 is 0. The van der Waals surface area contributed by atoms with Crippen molar-refractivity contribution in [3.05, 3.63) is 42.0 Å². The summed E-state index contributed by atoms with van der Waals surface area (Å²) in [4.78, 5) is 22.2. The minimum absolute atomic E-state index is 0.422. The Labute approximate surface area is 113 Å². The lowest BCUT2D eigenvalue weighted by Gasteiger charge is -2.22. The zero-order chi connectivity index (χ0) is 14.3. The molecule has 1 N–H and O–H groups in total. The van der Waals surface area contributed by atoms with E-state index in [1.54, 1.807) is 26.7 Å². The van der Waals surface area contributed by atoms with Crippen LogP contribution in [0.3, 0.4) is 0 Å². The van der Waals surface area contributed by atoms with Gasteiger partial charge in [-0.1, -0.05) is 30.3 Å². The van der Waals surface area contributed by atoms with Gasteiger partial charge in [0.2, 0.25) is 0 Å². The van der Waals surface area contributed by atoms with Crippen LogP contribution in [-0.4, -0.2) is 23.7 Å². The molecule has 0 heterocycles. The molecule has 1 rings (SSSR count). The first kappa shape index (κ1) is 15.0.